The second kappa shape index (κ2) is 7.98. The van der Waals surface area contributed by atoms with Crippen molar-refractivity contribution in [2.45, 2.75) is 18.4 Å². The predicted octanol–water partition coefficient (Wildman–Crippen LogP) is 1.55. The predicted molar refractivity (Wildman–Crippen MR) is 86.9 cm³/mol. The zero-order valence-electron chi connectivity index (χ0n) is 13.1. The molecule has 0 saturated carbocycles. The molecule has 0 bridgehead atoms. The van der Waals surface area contributed by atoms with Gasteiger partial charge < -0.3 is 5.32 Å². The summed E-state index contributed by atoms with van der Waals surface area (Å²) >= 11 is 0. The minimum Gasteiger partial charge on any atom is -0.351 e. The lowest BCUT2D eigenvalue weighted by molar-refractivity contribution is -0.121. The lowest BCUT2D eigenvalue weighted by atomic mass is 10.3. The van der Waals surface area contributed by atoms with Crippen LogP contribution in [0.15, 0.2) is 53.7 Å². The van der Waals surface area contributed by atoms with Gasteiger partial charge in [0.25, 0.3) is 0 Å². The smallest absolute Gasteiger partial charge is 0.243 e. The zero-order chi connectivity index (χ0) is 17.6. The molecule has 128 valence electrons. The van der Waals surface area contributed by atoms with Gasteiger partial charge in [0.05, 0.1) is 11.4 Å². The molecule has 0 aliphatic rings. The van der Waals surface area contributed by atoms with Crippen LogP contribution in [0.4, 0.5) is 4.39 Å². The SMILES string of the molecule is CCN(CC(=O)NCc1ccncc1)S(=O)(=O)c1ccc(F)cc1. The molecule has 1 aromatic heterocycles. The summed E-state index contributed by atoms with van der Waals surface area (Å²) in [5, 5.41) is 2.66. The Morgan fingerprint density at radius 2 is 1.79 bits per heavy atom. The maximum atomic E-state index is 13.0. The first-order chi connectivity index (χ1) is 11.4. The van der Waals surface area contributed by atoms with Crippen LogP contribution in [0.2, 0.25) is 0 Å². The summed E-state index contributed by atoms with van der Waals surface area (Å²) in [6.07, 6.45) is 3.22. The molecule has 24 heavy (non-hydrogen) atoms. The van der Waals surface area contributed by atoms with Crippen molar-refractivity contribution >= 4 is 15.9 Å². The first-order valence-electron chi connectivity index (χ1n) is 7.35. The van der Waals surface area contributed by atoms with Crippen LogP contribution in [-0.2, 0) is 21.4 Å². The van der Waals surface area contributed by atoms with Gasteiger partial charge in [-0.25, -0.2) is 12.8 Å². The lowest BCUT2D eigenvalue weighted by Crippen LogP contribution is -2.40. The highest BCUT2D eigenvalue weighted by Crippen LogP contribution is 2.15. The number of nitrogens with zero attached hydrogens (tertiary/aromatic N) is 2. The number of benzene rings is 1. The summed E-state index contributed by atoms with van der Waals surface area (Å²) in [4.78, 5) is 15.9. The molecule has 1 aromatic carbocycles. The second-order valence-electron chi connectivity index (χ2n) is 5.02. The molecule has 0 spiro atoms. The monoisotopic (exact) mass is 351 g/mol. The van der Waals surface area contributed by atoms with E-state index in [1.165, 1.54) is 12.1 Å². The van der Waals surface area contributed by atoms with Gasteiger partial charge in [0.2, 0.25) is 15.9 Å². The highest BCUT2D eigenvalue weighted by Gasteiger charge is 2.25. The van der Waals surface area contributed by atoms with Gasteiger partial charge in [0.15, 0.2) is 0 Å². The van der Waals surface area contributed by atoms with E-state index in [2.05, 4.69) is 10.3 Å². The van der Waals surface area contributed by atoms with Crippen LogP contribution in [0.5, 0.6) is 0 Å². The number of nitrogens with one attached hydrogen (secondary N) is 1. The van der Waals surface area contributed by atoms with E-state index < -0.39 is 21.7 Å². The minimum atomic E-state index is -3.85. The molecule has 0 unspecified atom stereocenters. The molecule has 1 heterocycles. The fourth-order valence-electron chi connectivity index (χ4n) is 2.04. The number of hydrogen-bond acceptors (Lipinski definition) is 4. The lowest BCUT2D eigenvalue weighted by Gasteiger charge is -2.20. The van der Waals surface area contributed by atoms with E-state index >= 15 is 0 Å². The Bertz CT molecular complexity index is 780. The van der Waals surface area contributed by atoms with Gasteiger partial charge in [0, 0.05) is 25.5 Å². The van der Waals surface area contributed by atoms with Gasteiger partial charge in [-0.3, -0.25) is 9.78 Å². The fraction of sp³-hybridized carbons (Fsp3) is 0.250. The Hall–Kier alpha value is -2.32. The number of sulfonamides is 1. The molecule has 0 radical (unpaired) electrons. The molecule has 1 N–H and O–H groups in total. The molecule has 0 aliphatic heterocycles. The van der Waals surface area contributed by atoms with Crippen LogP contribution in [0.1, 0.15) is 12.5 Å². The molecule has 0 fully saturated rings. The Morgan fingerprint density at radius 3 is 2.38 bits per heavy atom. The van der Waals surface area contributed by atoms with Crippen molar-refractivity contribution in [1.82, 2.24) is 14.6 Å². The highest BCUT2D eigenvalue weighted by molar-refractivity contribution is 7.89. The number of carbonyl (C=O) groups is 1. The standard InChI is InChI=1S/C16H18FN3O3S/c1-2-20(24(22,23)15-5-3-14(17)4-6-15)12-16(21)19-11-13-7-9-18-10-8-13/h3-10H,2,11-12H2,1H3,(H,19,21). The van der Waals surface area contributed by atoms with Gasteiger partial charge in [-0.2, -0.15) is 4.31 Å². The van der Waals surface area contributed by atoms with E-state index in [1.807, 2.05) is 0 Å². The molecule has 8 heteroatoms. The number of carbonyl (C=O) groups excluding carboxylic acids is 1. The number of halogens is 1. The minimum absolute atomic E-state index is 0.0484. The summed E-state index contributed by atoms with van der Waals surface area (Å²) in [5.74, 6) is -0.938. The van der Waals surface area contributed by atoms with Crippen molar-refractivity contribution < 1.29 is 17.6 Å². The summed E-state index contributed by atoms with van der Waals surface area (Å²) in [6.45, 7) is 1.75. The van der Waals surface area contributed by atoms with Gasteiger partial charge in [-0.15, -0.1) is 0 Å². The number of amides is 1. The molecule has 1 amide bonds. The van der Waals surface area contributed by atoms with Crippen LogP contribution in [0, 0.1) is 5.82 Å². The van der Waals surface area contributed by atoms with Gasteiger partial charge >= 0.3 is 0 Å². The second-order valence-corrected chi connectivity index (χ2v) is 6.96. The number of hydrogen-bond donors (Lipinski definition) is 1. The zero-order valence-corrected chi connectivity index (χ0v) is 14.0. The third-order valence-corrected chi connectivity index (χ3v) is 5.30. The summed E-state index contributed by atoms with van der Waals surface area (Å²) in [5.41, 5.74) is 0.864. The van der Waals surface area contributed by atoms with Crippen molar-refractivity contribution in [3.05, 3.63) is 60.2 Å². The van der Waals surface area contributed by atoms with Gasteiger partial charge in [-0.1, -0.05) is 6.92 Å². The molecule has 2 rings (SSSR count). The number of aromatic nitrogens is 1. The molecule has 0 saturated heterocycles. The van der Waals surface area contributed by atoms with Crippen molar-refractivity contribution in [2.24, 2.45) is 0 Å². The van der Waals surface area contributed by atoms with Crippen LogP contribution in [0.3, 0.4) is 0 Å². The van der Waals surface area contributed by atoms with E-state index in [0.29, 0.717) is 0 Å². The third kappa shape index (κ3) is 4.59. The molecular weight excluding hydrogens is 333 g/mol. The van der Waals surface area contributed by atoms with E-state index in [0.717, 1.165) is 22.0 Å². The van der Waals surface area contributed by atoms with Gasteiger partial charge in [-0.05, 0) is 42.0 Å². The van der Waals surface area contributed by atoms with Gasteiger partial charge in [0.1, 0.15) is 5.82 Å². The number of likely N-dealkylation sites (N-methyl/N-ethyl adjacent to an activating group) is 1. The fourth-order valence-corrected chi connectivity index (χ4v) is 3.45. The Labute approximate surface area is 140 Å². The third-order valence-electron chi connectivity index (χ3n) is 3.36. The number of pyridine rings is 1. The largest absolute Gasteiger partial charge is 0.351 e. The summed E-state index contributed by atoms with van der Waals surface area (Å²) in [7, 11) is -3.85. The van der Waals surface area contributed by atoms with Crippen LogP contribution in [-0.4, -0.2) is 36.7 Å². The van der Waals surface area contributed by atoms with Crippen LogP contribution >= 0.6 is 0 Å². The Kier molecular flexibility index (Phi) is 5.99. The molecule has 0 atom stereocenters. The van der Waals surface area contributed by atoms with Crippen molar-refractivity contribution in [1.29, 1.82) is 0 Å². The first kappa shape index (κ1) is 18.0. The van der Waals surface area contributed by atoms with E-state index in [1.54, 1.807) is 31.5 Å². The quantitative estimate of drug-likeness (QED) is 0.821. The van der Waals surface area contributed by atoms with Crippen molar-refractivity contribution in [3.63, 3.8) is 0 Å². The Morgan fingerprint density at radius 1 is 1.17 bits per heavy atom. The summed E-state index contributed by atoms with van der Waals surface area (Å²) < 4.78 is 39.0. The number of rotatable bonds is 7. The summed E-state index contributed by atoms with van der Waals surface area (Å²) in [6, 6.07) is 8.03. The molecular formula is C16H18FN3O3S. The molecule has 6 nitrogen and oxygen atoms in total. The maximum absolute atomic E-state index is 13.0. The topological polar surface area (TPSA) is 79.4 Å². The Balaban J connectivity index is 2.02. The van der Waals surface area contributed by atoms with Crippen LogP contribution in [0.25, 0.3) is 0 Å². The first-order valence-corrected chi connectivity index (χ1v) is 8.79. The average molecular weight is 351 g/mol. The van der Waals surface area contributed by atoms with Crippen LogP contribution < -0.4 is 5.32 Å². The maximum Gasteiger partial charge on any atom is 0.243 e. The van der Waals surface area contributed by atoms with Crippen molar-refractivity contribution in [3.8, 4) is 0 Å². The van der Waals surface area contributed by atoms with E-state index in [9.17, 15) is 17.6 Å². The van der Waals surface area contributed by atoms with Crippen molar-refractivity contribution in [2.75, 3.05) is 13.1 Å². The molecule has 2 aromatic rings. The van der Waals surface area contributed by atoms with E-state index in [4.69, 9.17) is 0 Å². The average Bonchev–Trinajstić information content (AvgIpc) is 2.59. The molecule has 0 aliphatic carbocycles. The normalized spacial score (nSPS) is 11.5. The highest BCUT2D eigenvalue weighted by atomic mass is 32.2. The van der Waals surface area contributed by atoms with E-state index in [-0.39, 0.29) is 24.5 Å².